The van der Waals surface area contributed by atoms with Gasteiger partial charge in [-0.1, -0.05) is 37.1 Å². The molecule has 0 bridgehead atoms. The van der Waals surface area contributed by atoms with Crippen LogP contribution in [-0.4, -0.2) is 29.3 Å². The van der Waals surface area contributed by atoms with Gasteiger partial charge in [0.2, 0.25) is 0 Å². The van der Waals surface area contributed by atoms with Gasteiger partial charge in [0.15, 0.2) is 0 Å². The lowest BCUT2D eigenvalue weighted by molar-refractivity contribution is 0.395. The molecule has 2 atom stereocenters. The van der Waals surface area contributed by atoms with Crippen molar-refractivity contribution in [2.24, 2.45) is 5.73 Å². The van der Waals surface area contributed by atoms with Crippen molar-refractivity contribution in [2.75, 3.05) is 0 Å². The normalized spacial score (nSPS) is 19.1. The van der Waals surface area contributed by atoms with Crippen LogP contribution in [0.15, 0.2) is 24.3 Å². The summed E-state index contributed by atoms with van der Waals surface area (Å²) in [4.78, 5) is 0. The molecule has 0 amide bonds. The standard InChI is InChI=1S/C16H27BN2O2/c18-15(7-3-4-10-17(20)21)8-9-16-11-13-5-1-2-6-14(13)12-19-16/h1-2,5-6,15-16,19-21H,3-4,7-12,18H2. The highest BCUT2D eigenvalue weighted by molar-refractivity contribution is 6.40. The number of nitrogens with one attached hydrogen (secondary N) is 1. The molecule has 2 rings (SSSR count). The fraction of sp³-hybridized carbons (Fsp3) is 0.625. The first-order valence-electron chi connectivity index (χ1n) is 8.07. The van der Waals surface area contributed by atoms with E-state index in [9.17, 15) is 0 Å². The van der Waals surface area contributed by atoms with Crippen molar-refractivity contribution < 1.29 is 10.0 Å². The first-order valence-corrected chi connectivity index (χ1v) is 8.07. The van der Waals surface area contributed by atoms with Gasteiger partial charge in [0, 0.05) is 18.6 Å². The van der Waals surface area contributed by atoms with Crippen LogP contribution in [0, 0.1) is 0 Å². The molecule has 4 nitrogen and oxygen atoms in total. The van der Waals surface area contributed by atoms with Crippen molar-refractivity contribution in [3.05, 3.63) is 35.4 Å². The third-order valence-corrected chi connectivity index (χ3v) is 4.34. The highest BCUT2D eigenvalue weighted by atomic mass is 16.4. The Morgan fingerprint density at radius 2 is 1.95 bits per heavy atom. The molecule has 116 valence electrons. The fourth-order valence-corrected chi connectivity index (χ4v) is 3.02. The molecule has 0 spiro atoms. The van der Waals surface area contributed by atoms with Crippen LogP contribution in [0.1, 0.15) is 43.2 Å². The minimum absolute atomic E-state index is 0.222. The third kappa shape index (κ3) is 5.79. The molecule has 0 radical (unpaired) electrons. The lowest BCUT2D eigenvalue weighted by atomic mass is 9.83. The molecule has 1 aromatic carbocycles. The Kier molecular flexibility index (Phi) is 6.71. The Balaban J connectivity index is 1.63. The Morgan fingerprint density at radius 3 is 2.71 bits per heavy atom. The SMILES string of the molecule is NC(CCCCB(O)O)CCC1Cc2ccccc2CN1. The summed E-state index contributed by atoms with van der Waals surface area (Å²) in [6, 6.07) is 9.39. The molecular weight excluding hydrogens is 263 g/mol. The van der Waals surface area contributed by atoms with Crippen molar-refractivity contribution >= 4 is 7.12 Å². The molecule has 1 aliphatic rings. The van der Waals surface area contributed by atoms with E-state index in [0.29, 0.717) is 12.4 Å². The molecule has 1 heterocycles. The number of rotatable bonds is 8. The first-order chi connectivity index (χ1) is 10.1. The van der Waals surface area contributed by atoms with Crippen LogP contribution < -0.4 is 11.1 Å². The summed E-state index contributed by atoms with van der Waals surface area (Å²) in [6.45, 7) is 0.963. The lowest BCUT2D eigenvalue weighted by Gasteiger charge is -2.27. The molecule has 0 saturated carbocycles. The summed E-state index contributed by atoms with van der Waals surface area (Å²) in [7, 11) is -1.17. The van der Waals surface area contributed by atoms with Crippen molar-refractivity contribution in [3.63, 3.8) is 0 Å². The van der Waals surface area contributed by atoms with E-state index in [1.54, 1.807) is 0 Å². The largest absolute Gasteiger partial charge is 0.451 e. The summed E-state index contributed by atoms with van der Waals surface area (Å²) >= 11 is 0. The molecule has 21 heavy (non-hydrogen) atoms. The van der Waals surface area contributed by atoms with E-state index in [2.05, 4.69) is 29.6 Å². The van der Waals surface area contributed by atoms with Gasteiger partial charge in [0.1, 0.15) is 0 Å². The summed E-state index contributed by atoms with van der Waals surface area (Å²) < 4.78 is 0. The molecule has 0 fully saturated rings. The minimum Gasteiger partial charge on any atom is -0.427 e. The predicted octanol–water partition coefficient (Wildman–Crippen LogP) is 1.45. The van der Waals surface area contributed by atoms with Crippen molar-refractivity contribution in [3.8, 4) is 0 Å². The highest BCUT2D eigenvalue weighted by Gasteiger charge is 2.18. The molecular formula is C16H27BN2O2. The second-order valence-electron chi connectivity index (χ2n) is 6.15. The molecule has 1 aliphatic heterocycles. The van der Waals surface area contributed by atoms with E-state index in [1.807, 2.05) is 0 Å². The van der Waals surface area contributed by atoms with Gasteiger partial charge in [0.05, 0.1) is 0 Å². The number of benzene rings is 1. The quantitative estimate of drug-likeness (QED) is 0.432. The third-order valence-electron chi connectivity index (χ3n) is 4.34. The molecule has 0 aromatic heterocycles. The van der Waals surface area contributed by atoms with Crippen LogP contribution in [0.4, 0.5) is 0 Å². The molecule has 5 heteroatoms. The van der Waals surface area contributed by atoms with Gasteiger partial charge >= 0.3 is 7.12 Å². The van der Waals surface area contributed by atoms with Gasteiger partial charge in [-0.05, 0) is 43.1 Å². The van der Waals surface area contributed by atoms with Gasteiger partial charge in [-0.2, -0.15) is 0 Å². The highest BCUT2D eigenvalue weighted by Crippen LogP contribution is 2.19. The zero-order valence-electron chi connectivity index (χ0n) is 12.7. The monoisotopic (exact) mass is 290 g/mol. The molecule has 5 N–H and O–H groups in total. The summed E-state index contributed by atoms with van der Waals surface area (Å²) in [5.74, 6) is 0. The average molecular weight is 290 g/mol. The van der Waals surface area contributed by atoms with Gasteiger partial charge in [-0.25, -0.2) is 0 Å². The smallest absolute Gasteiger partial charge is 0.427 e. The molecule has 0 aliphatic carbocycles. The number of fused-ring (bicyclic) bond motifs is 1. The number of unbranched alkanes of at least 4 members (excludes halogenated alkanes) is 1. The molecule has 0 saturated heterocycles. The van der Waals surface area contributed by atoms with Crippen LogP contribution in [-0.2, 0) is 13.0 Å². The predicted molar refractivity (Wildman–Crippen MR) is 86.8 cm³/mol. The number of hydrogen-bond acceptors (Lipinski definition) is 4. The zero-order chi connectivity index (χ0) is 15.1. The lowest BCUT2D eigenvalue weighted by Crippen LogP contribution is -2.36. The van der Waals surface area contributed by atoms with E-state index < -0.39 is 7.12 Å². The van der Waals surface area contributed by atoms with E-state index in [0.717, 1.165) is 45.1 Å². The summed E-state index contributed by atoms with van der Waals surface area (Å²) in [6.07, 6.45) is 6.46. The van der Waals surface area contributed by atoms with E-state index in [1.165, 1.54) is 11.1 Å². The van der Waals surface area contributed by atoms with E-state index >= 15 is 0 Å². The summed E-state index contributed by atoms with van der Waals surface area (Å²) in [5.41, 5.74) is 9.03. The molecule has 2 unspecified atom stereocenters. The maximum Gasteiger partial charge on any atom is 0.451 e. The van der Waals surface area contributed by atoms with Gasteiger partial charge in [-0.3, -0.25) is 0 Å². The van der Waals surface area contributed by atoms with Crippen LogP contribution in [0.3, 0.4) is 0 Å². The minimum atomic E-state index is -1.17. The average Bonchev–Trinajstić information content (AvgIpc) is 2.49. The maximum absolute atomic E-state index is 8.79. The second-order valence-corrected chi connectivity index (χ2v) is 6.15. The maximum atomic E-state index is 8.79. The van der Waals surface area contributed by atoms with Gasteiger partial charge in [0.25, 0.3) is 0 Å². The fourth-order valence-electron chi connectivity index (χ4n) is 3.02. The van der Waals surface area contributed by atoms with Crippen LogP contribution in [0.2, 0.25) is 6.32 Å². The van der Waals surface area contributed by atoms with E-state index in [4.69, 9.17) is 15.8 Å². The Bertz CT molecular complexity index is 428. The summed E-state index contributed by atoms with van der Waals surface area (Å²) in [5, 5.41) is 21.2. The molecule has 1 aromatic rings. The van der Waals surface area contributed by atoms with E-state index in [-0.39, 0.29) is 6.04 Å². The van der Waals surface area contributed by atoms with Crippen molar-refractivity contribution in [1.29, 1.82) is 0 Å². The topological polar surface area (TPSA) is 78.5 Å². The van der Waals surface area contributed by atoms with Crippen LogP contribution >= 0.6 is 0 Å². The Morgan fingerprint density at radius 1 is 1.19 bits per heavy atom. The Hall–Kier alpha value is -0.875. The van der Waals surface area contributed by atoms with Crippen molar-refractivity contribution in [1.82, 2.24) is 5.32 Å². The number of hydrogen-bond donors (Lipinski definition) is 4. The number of nitrogens with two attached hydrogens (primary N) is 1. The Labute approximate surface area is 127 Å². The van der Waals surface area contributed by atoms with Crippen LogP contribution in [0.25, 0.3) is 0 Å². The van der Waals surface area contributed by atoms with Crippen molar-refractivity contribution in [2.45, 2.75) is 63.5 Å². The second kappa shape index (κ2) is 8.54. The zero-order valence-corrected chi connectivity index (χ0v) is 12.7. The van der Waals surface area contributed by atoms with Gasteiger partial charge < -0.3 is 21.1 Å². The van der Waals surface area contributed by atoms with Crippen LogP contribution in [0.5, 0.6) is 0 Å². The van der Waals surface area contributed by atoms with Gasteiger partial charge in [-0.15, -0.1) is 0 Å². The first kappa shape index (κ1) is 16.5.